The van der Waals surface area contributed by atoms with Crippen LogP contribution in [-0.2, 0) is 16.6 Å². The third-order valence-electron chi connectivity index (χ3n) is 8.64. The molecule has 10 atom stereocenters. The molecular formula is C23H31NO8. The van der Waals surface area contributed by atoms with Crippen LogP contribution in [0.5, 0.6) is 11.5 Å². The molecule has 5 N–H and O–H groups in total. The molecule has 1 aromatic rings. The first-order valence-corrected chi connectivity index (χ1v) is 11.5. The van der Waals surface area contributed by atoms with E-state index in [0.29, 0.717) is 29.9 Å². The van der Waals surface area contributed by atoms with Crippen LogP contribution in [-0.4, -0.2) is 99.6 Å². The van der Waals surface area contributed by atoms with Crippen molar-refractivity contribution in [3.63, 3.8) is 0 Å². The Morgan fingerprint density at radius 1 is 1.12 bits per heavy atom. The number of rotatable bonds is 3. The van der Waals surface area contributed by atoms with Crippen LogP contribution in [0, 0.1) is 5.92 Å². The van der Waals surface area contributed by atoms with E-state index in [1.807, 2.05) is 6.07 Å². The normalized spacial score (nSPS) is 47.0. The Balaban J connectivity index is 1.40. The smallest absolute Gasteiger partial charge is 0.229 e. The zero-order valence-electron chi connectivity index (χ0n) is 18.0. The van der Waals surface area contributed by atoms with Crippen molar-refractivity contribution in [2.75, 3.05) is 20.2 Å². The molecule has 2 saturated heterocycles. The van der Waals surface area contributed by atoms with Gasteiger partial charge >= 0.3 is 0 Å². The first-order chi connectivity index (χ1) is 15.4. The number of piperidine rings is 1. The molecule has 9 nitrogen and oxygen atoms in total. The minimum Gasteiger partial charge on any atom is -0.483 e. The van der Waals surface area contributed by atoms with E-state index in [-0.39, 0.29) is 11.5 Å². The van der Waals surface area contributed by atoms with Crippen LogP contribution in [0.3, 0.4) is 0 Å². The average Bonchev–Trinajstić information content (AvgIpc) is 3.14. The van der Waals surface area contributed by atoms with Crippen LogP contribution in [0.4, 0.5) is 0 Å². The highest BCUT2D eigenvalue weighted by Gasteiger charge is 2.65. The Morgan fingerprint density at radius 2 is 1.94 bits per heavy atom. The van der Waals surface area contributed by atoms with Crippen molar-refractivity contribution in [2.45, 2.75) is 80.1 Å². The van der Waals surface area contributed by atoms with Gasteiger partial charge < -0.3 is 44.6 Å². The molecule has 3 aliphatic heterocycles. The number of ether oxygens (including phenoxy) is 3. The van der Waals surface area contributed by atoms with E-state index in [0.717, 1.165) is 31.4 Å². The van der Waals surface area contributed by atoms with Crippen molar-refractivity contribution < 1.29 is 39.7 Å². The molecular weight excluding hydrogens is 418 g/mol. The topological polar surface area (TPSA) is 132 Å². The van der Waals surface area contributed by atoms with Crippen molar-refractivity contribution >= 4 is 0 Å². The van der Waals surface area contributed by atoms with Gasteiger partial charge in [-0.25, -0.2) is 0 Å². The SMILES string of the molecule is CN1CCC23c4c5ccc(OC6OC(CO)C(O)C(O)C6O)c4O[C@H]2[C@@H](O)CCC3C1C5. The Hall–Kier alpha value is -1.46. The monoisotopic (exact) mass is 449 g/mol. The lowest BCUT2D eigenvalue weighted by Gasteiger charge is -2.58. The molecule has 5 aliphatic rings. The highest BCUT2D eigenvalue weighted by Crippen LogP contribution is 2.63. The van der Waals surface area contributed by atoms with Gasteiger partial charge in [0.05, 0.1) is 12.7 Å². The van der Waals surface area contributed by atoms with Gasteiger partial charge in [-0.05, 0) is 56.8 Å². The number of likely N-dealkylation sites (N-methyl/N-ethyl adjacent to an activating group) is 1. The minimum absolute atomic E-state index is 0.257. The largest absolute Gasteiger partial charge is 0.483 e. The lowest BCUT2D eigenvalue weighted by molar-refractivity contribution is -0.277. The predicted molar refractivity (Wildman–Crippen MR) is 110 cm³/mol. The molecule has 0 aromatic heterocycles. The van der Waals surface area contributed by atoms with Gasteiger partial charge in [0, 0.05) is 17.0 Å². The fourth-order valence-corrected chi connectivity index (χ4v) is 7.08. The number of hydrogen-bond donors (Lipinski definition) is 5. The summed E-state index contributed by atoms with van der Waals surface area (Å²) in [7, 11) is 2.18. The summed E-state index contributed by atoms with van der Waals surface area (Å²) in [6.07, 6.45) is -4.22. The fourth-order valence-electron chi connectivity index (χ4n) is 7.08. The maximum absolute atomic E-state index is 10.9. The zero-order valence-corrected chi connectivity index (χ0v) is 18.0. The maximum Gasteiger partial charge on any atom is 0.229 e. The molecule has 0 radical (unpaired) electrons. The third kappa shape index (κ3) is 2.64. The van der Waals surface area contributed by atoms with E-state index in [1.54, 1.807) is 6.07 Å². The summed E-state index contributed by atoms with van der Waals surface area (Å²) in [6.45, 7) is 0.413. The van der Waals surface area contributed by atoms with Crippen LogP contribution in [0.15, 0.2) is 12.1 Å². The van der Waals surface area contributed by atoms with E-state index in [2.05, 4.69) is 11.9 Å². The molecule has 3 heterocycles. The number of hydrogen-bond acceptors (Lipinski definition) is 9. The Morgan fingerprint density at radius 3 is 2.72 bits per heavy atom. The third-order valence-corrected chi connectivity index (χ3v) is 8.64. The Bertz CT molecular complexity index is 910. The summed E-state index contributed by atoms with van der Waals surface area (Å²) >= 11 is 0. The molecule has 176 valence electrons. The van der Waals surface area contributed by atoms with Gasteiger partial charge in [-0.15, -0.1) is 0 Å². The van der Waals surface area contributed by atoms with Gasteiger partial charge in [0.1, 0.15) is 30.5 Å². The van der Waals surface area contributed by atoms with Gasteiger partial charge in [-0.2, -0.15) is 0 Å². The average molecular weight is 450 g/mol. The van der Waals surface area contributed by atoms with Crippen LogP contribution < -0.4 is 9.47 Å². The molecule has 0 amide bonds. The van der Waals surface area contributed by atoms with Gasteiger partial charge in [-0.1, -0.05) is 6.07 Å². The van der Waals surface area contributed by atoms with E-state index in [9.17, 15) is 25.5 Å². The standard InChI is InChI=1S/C23H31NO8/c1-24-7-6-23-11-3-4-13(26)21(23)32-20-14(5-2-10(16(20)23)8-12(11)24)30-22-19(29)18(28)17(27)15(9-25)31-22/h2,5,11-13,15,17-19,21-22,25-29H,3-4,6-9H2,1H3/t11?,12?,13-,15?,17?,18?,19?,21-,22?,23?/m0/s1. The zero-order chi connectivity index (χ0) is 22.4. The van der Waals surface area contributed by atoms with Crippen molar-refractivity contribution in [3.05, 3.63) is 23.3 Å². The van der Waals surface area contributed by atoms with E-state index < -0.39 is 43.4 Å². The van der Waals surface area contributed by atoms with E-state index >= 15 is 0 Å². The molecule has 6 rings (SSSR count). The number of aliphatic hydroxyl groups excluding tert-OH is 5. The van der Waals surface area contributed by atoms with Crippen molar-refractivity contribution in [2.24, 2.45) is 5.92 Å². The van der Waals surface area contributed by atoms with Crippen LogP contribution in [0.2, 0.25) is 0 Å². The van der Waals surface area contributed by atoms with Gasteiger partial charge in [0.2, 0.25) is 6.29 Å². The molecule has 32 heavy (non-hydrogen) atoms. The second kappa shape index (κ2) is 7.27. The van der Waals surface area contributed by atoms with Gasteiger partial charge in [-0.3, -0.25) is 0 Å². The number of nitrogens with zero attached hydrogens (tertiary/aromatic N) is 1. The molecule has 2 bridgehead atoms. The predicted octanol–water partition coefficient (Wildman–Crippen LogP) is -1.10. The van der Waals surface area contributed by atoms with Crippen molar-refractivity contribution in [1.82, 2.24) is 4.90 Å². The highest BCUT2D eigenvalue weighted by molar-refractivity contribution is 5.61. The summed E-state index contributed by atoms with van der Waals surface area (Å²) in [5, 5.41) is 51.0. The fraction of sp³-hybridized carbons (Fsp3) is 0.739. The van der Waals surface area contributed by atoms with Crippen molar-refractivity contribution in [3.8, 4) is 11.5 Å². The first kappa shape index (κ1) is 21.1. The minimum atomic E-state index is -1.51. The maximum atomic E-state index is 10.9. The summed E-state index contributed by atoms with van der Waals surface area (Å²) in [5.74, 6) is 1.35. The molecule has 3 fully saturated rings. The molecule has 1 saturated carbocycles. The lowest BCUT2D eigenvalue weighted by Crippen LogP contribution is -2.66. The Kier molecular flexibility index (Phi) is 4.79. The number of likely N-dealkylation sites (tertiary alicyclic amines) is 1. The second-order valence-corrected chi connectivity index (χ2v) is 10.1. The van der Waals surface area contributed by atoms with Crippen molar-refractivity contribution in [1.29, 1.82) is 0 Å². The second-order valence-electron chi connectivity index (χ2n) is 10.1. The lowest BCUT2D eigenvalue weighted by atomic mass is 9.51. The first-order valence-electron chi connectivity index (χ1n) is 11.5. The summed E-state index contributed by atoms with van der Waals surface area (Å²) < 4.78 is 18.0. The van der Waals surface area contributed by atoms with Crippen LogP contribution >= 0.6 is 0 Å². The quantitative estimate of drug-likeness (QED) is 0.390. The highest BCUT2D eigenvalue weighted by atomic mass is 16.7. The van der Waals surface area contributed by atoms with Gasteiger partial charge in [0.25, 0.3) is 0 Å². The number of benzene rings is 1. The van der Waals surface area contributed by atoms with Gasteiger partial charge in [0.15, 0.2) is 11.5 Å². The molecule has 8 unspecified atom stereocenters. The summed E-state index contributed by atoms with van der Waals surface area (Å²) in [6, 6.07) is 4.22. The Labute approximate surface area is 186 Å². The van der Waals surface area contributed by atoms with E-state index in [1.165, 1.54) is 5.56 Å². The number of aliphatic hydroxyl groups is 5. The molecule has 1 spiro atoms. The molecule has 2 aliphatic carbocycles. The molecule has 9 heteroatoms. The molecule has 1 aromatic carbocycles. The van der Waals surface area contributed by atoms with E-state index in [4.69, 9.17) is 14.2 Å². The summed E-state index contributed by atoms with van der Waals surface area (Å²) in [5.41, 5.74) is 2.05. The van der Waals surface area contributed by atoms with Crippen LogP contribution in [0.25, 0.3) is 0 Å². The summed E-state index contributed by atoms with van der Waals surface area (Å²) in [4.78, 5) is 2.43. The van der Waals surface area contributed by atoms with Crippen LogP contribution in [0.1, 0.15) is 30.4 Å².